The van der Waals surface area contributed by atoms with Gasteiger partial charge in [0.15, 0.2) is 5.78 Å². The van der Waals surface area contributed by atoms with Crippen LogP contribution < -0.4 is 10.1 Å². The smallest absolute Gasteiger partial charge is 0.260 e. The number of ketones is 1. The molecule has 27 heavy (non-hydrogen) atoms. The Labute approximate surface area is 159 Å². The topological polar surface area (TPSA) is 75.6 Å². The third-order valence-electron chi connectivity index (χ3n) is 5.26. The van der Waals surface area contributed by atoms with Gasteiger partial charge in [-0.05, 0) is 37.3 Å². The number of benzene rings is 2. The van der Waals surface area contributed by atoms with Crippen LogP contribution in [0.15, 0.2) is 54.6 Å². The number of rotatable bonds is 7. The van der Waals surface area contributed by atoms with Crippen molar-refractivity contribution >= 4 is 11.7 Å². The molecule has 1 fully saturated rings. The molecule has 0 bridgehead atoms. The van der Waals surface area contributed by atoms with Gasteiger partial charge >= 0.3 is 0 Å². The van der Waals surface area contributed by atoms with Gasteiger partial charge in [0, 0.05) is 18.0 Å². The van der Waals surface area contributed by atoms with E-state index in [0.717, 1.165) is 17.5 Å². The average Bonchev–Trinajstić information content (AvgIpc) is 3.01. The second-order valence-electron chi connectivity index (χ2n) is 6.98. The summed E-state index contributed by atoms with van der Waals surface area (Å²) in [6.45, 7) is 0.202. The van der Waals surface area contributed by atoms with Crippen LogP contribution in [-0.4, -0.2) is 29.5 Å². The lowest BCUT2D eigenvalue weighted by molar-refractivity contribution is -0.150. The molecule has 1 aliphatic carbocycles. The molecule has 0 spiro atoms. The van der Waals surface area contributed by atoms with Crippen molar-refractivity contribution < 1.29 is 19.4 Å². The number of amides is 1. The molecule has 0 saturated heterocycles. The summed E-state index contributed by atoms with van der Waals surface area (Å²) in [7, 11) is 1.56. The van der Waals surface area contributed by atoms with Gasteiger partial charge in [0.05, 0.1) is 7.11 Å². The van der Waals surface area contributed by atoms with Crippen molar-refractivity contribution in [3.63, 3.8) is 0 Å². The molecule has 1 aliphatic rings. The van der Waals surface area contributed by atoms with Gasteiger partial charge in [-0.25, -0.2) is 0 Å². The molecule has 1 amide bonds. The Bertz CT molecular complexity index is 805. The van der Waals surface area contributed by atoms with Crippen molar-refractivity contribution in [2.75, 3.05) is 7.11 Å². The predicted molar refractivity (Wildman–Crippen MR) is 102 cm³/mol. The highest BCUT2D eigenvalue weighted by atomic mass is 16.5. The molecule has 0 radical (unpaired) electrons. The van der Waals surface area contributed by atoms with Crippen LogP contribution in [0.1, 0.15) is 30.4 Å². The zero-order valence-electron chi connectivity index (χ0n) is 15.5. The molecule has 2 atom stereocenters. The van der Waals surface area contributed by atoms with Crippen molar-refractivity contribution in [3.8, 4) is 5.75 Å². The summed E-state index contributed by atoms with van der Waals surface area (Å²) in [6.07, 6.45) is 2.11. The van der Waals surface area contributed by atoms with Crippen molar-refractivity contribution in [1.82, 2.24) is 5.32 Å². The van der Waals surface area contributed by atoms with E-state index in [2.05, 4.69) is 5.32 Å². The summed E-state index contributed by atoms with van der Waals surface area (Å²) in [5, 5.41) is 13.4. The number of aryl methyl sites for hydroxylation is 1. The molecule has 0 aromatic heterocycles. The van der Waals surface area contributed by atoms with Crippen molar-refractivity contribution in [3.05, 3.63) is 65.7 Å². The van der Waals surface area contributed by atoms with Gasteiger partial charge in [-0.3, -0.25) is 9.59 Å². The number of aliphatic hydroxyl groups is 1. The molecular formula is C22H25NO4. The van der Waals surface area contributed by atoms with Gasteiger partial charge in [-0.1, -0.05) is 48.5 Å². The summed E-state index contributed by atoms with van der Waals surface area (Å²) in [5.74, 6) is -0.618. The maximum absolute atomic E-state index is 12.7. The number of hydrogen-bond acceptors (Lipinski definition) is 4. The zero-order chi connectivity index (χ0) is 19.3. The minimum absolute atomic E-state index is 0.170. The van der Waals surface area contributed by atoms with E-state index in [-0.39, 0.29) is 24.7 Å². The second kappa shape index (κ2) is 8.35. The summed E-state index contributed by atoms with van der Waals surface area (Å²) in [5.41, 5.74) is 0.0213. The van der Waals surface area contributed by atoms with Crippen LogP contribution in [0, 0.1) is 5.92 Å². The Kier molecular flexibility index (Phi) is 5.91. The molecule has 2 N–H and O–H groups in total. The van der Waals surface area contributed by atoms with Crippen molar-refractivity contribution in [2.24, 2.45) is 5.92 Å². The highest BCUT2D eigenvalue weighted by Crippen LogP contribution is 2.34. The Morgan fingerprint density at radius 1 is 1.19 bits per heavy atom. The van der Waals surface area contributed by atoms with Gasteiger partial charge in [0.2, 0.25) is 5.60 Å². The molecule has 3 rings (SSSR count). The summed E-state index contributed by atoms with van der Waals surface area (Å²) >= 11 is 0. The number of carbonyl (C=O) groups excluding carboxylic acids is 2. The number of ether oxygens (including phenoxy) is 1. The van der Waals surface area contributed by atoms with E-state index in [4.69, 9.17) is 4.74 Å². The molecule has 5 nitrogen and oxygen atoms in total. The van der Waals surface area contributed by atoms with E-state index >= 15 is 0 Å². The number of nitrogens with one attached hydrogen (secondary N) is 1. The first-order chi connectivity index (χ1) is 13.0. The quantitative estimate of drug-likeness (QED) is 0.738. The predicted octanol–water partition coefficient (Wildman–Crippen LogP) is 2.65. The van der Waals surface area contributed by atoms with Crippen LogP contribution in [0.3, 0.4) is 0 Å². The fourth-order valence-electron chi connectivity index (χ4n) is 3.63. The molecule has 2 aromatic carbocycles. The van der Waals surface area contributed by atoms with Gasteiger partial charge in [0.25, 0.3) is 5.91 Å². The fourth-order valence-corrected chi connectivity index (χ4v) is 3.63. The zero-order valence-corrected chi connectivity index (χ0v) is 15.5. The van der Waals surface area contributed by atoms with Gasteiger partial charge in [-0.15, -0.1) is 0 Å². The highest BCUT2D eigenvalue weighted by Gasteiger charge is 2.51. The maximum Gasteiger partial charge on any atom is 0.260 e. The molecule has 1 saturated carbocycles. The molecule has 2 aromatic rings. The fraction of sp³-hybridized carbons (Fsp3) is 0.364. The first-order valence-electron chi connectivity index (χ1n) is 9.25. The van der Waals surface area contributed by atoms with E-state index in [9.17, 15) is 14.7 Å². The molecule has 2 unspecified atom stereocenters. The van der Waals surface area contributed by atoms with E-state index in [1.54, 1.807) is 13.2 Å². The lowest BCUT2D eigenvalue weighted by Crippen LogP contribution is -2.50. The monoisotopic (exact) mass is 367 g/mol. The summed E-state index contributed by atoms with van der Waals surface area (Å²) in [6, 6.07) is 17.3. The van der Waals surface area contributed by atoms with Crippen LogP contribution in [0.5, 0.6) is 5.75 Å². The van der Waals surface area contributed by atoms with E-state index in [1.165, 1.54) is 0 Å². The Balaban J connectivity index is 1.58. The molecular weight excluding hydrogens is 342 g/mol. The number of Topliss-reactive ketones (excluding diaryl/α,β-unsaturated/α-hetero) is 1. The van der Waals surface area contributed by atoms with Gasteiger partial charge in [-0.2, -0.15) is 0 Å². The first kappa shape index (κ1) is 19.1. The van der Waals surface area contributed by atoms with Crippen LogP contribution in [-0.2, 0) is 22.6 Å². The van der Waals surface area contributed by atoms with Crippen LogP contribution in [0.4, 0.5) is 0 Å². The Morgan fingerprint density at radius 3 is 2.63 bits per heavy atom. The normalized spacial score (nSPS) is 21.9. The maximum atomic E-state index is 12.7. The third-order valence-corrected chi connectivity index (χ3v) is 5.26. The highest BCUT2D eigenvalue weighted by molar-refractivity contribution is 6.11. The largest absolute Gasteiger partial charge is 0.496 e. The lowest BCUT2D eigenvalue weighted by Gasteiger charge is -2.21. The van der Waals surface area contributed by atoms with E-state index in [0.29, 0.717) is 18.6 Å². The second-order valence-corrected chi connectivity index (χ2v) is 6.98. The van der Waals surface area contributed by atoms with Gasteiger partial charge < -0.3 is 15.2 Å². The summed E-state index contributed by atoms with van der Waals surface area (Å²) in [4.78, 5) is 25.2. The third kappa shape index (κ3) is 4.19. The molecule has 0 heterocycles. The lowest BCUT2D eigenvalue weighted by atomic mass is 9.93. The first-order valence-corrected chi connectivity index (χ1v) is 9.25. The minimum atomic E-state index is -1.93. The Morgan fingerprint density at radius 2 is 1.89 bits per heavy atom. The summed E-state index contributed by atoms with van der Waals surface area (Å²) < 4.78 is 5.26. The molecule has 0 aliphatic heterocycles. The number of hydrogen-bond donors (Lipinski definition) is 2. The number of para-hydroxylation sites is 1. The van der Waals surface area contributed by atoms with Crippen LogP contribution >= 0.6 is 0 Å². The standard InChI is InChI=1S/C22H25NO4/c1-27-19-10-6-5-9-18(19)15-23-21(25)22(26)14-13-17(20(22)24)12-11-16-7-3-2-4-8-16/h2-10,17,26H,11-15H2,1H3,(H,23,25). The van der Waals surface area contributed by atoms with Crippen molar-refractivity contribution in [1.29, 1.82) is 0 Å². The molecule has 142 valence electrons. The van der Waals surface area contributed by atoms with E-state index in [1.807, 2.05) is 48.5 Å². The van der Waals surface area contributed by atoms with Crippen LogP contribution in [0.2, 0.25) is 0 Å². The SMILES string of the molecule is COc1ccccc1CNC(=O)C1(O)CCC(CCc2ccccc2)C1=O. The van der Waals surface area contributed by atoms with Crippen LogP contribution in [0.25, 0.3) is 0 Å². The minimum Gasteiger partial charge on any atom is -0.496 e. The van der Waals surface area contributed by atoms with Crippen molar-refractivity contribution in [2.45, 2.75) is 37.8 Å². The number of carbonyl (C=O) groups is 2. The molecule has 5 heteroatoms. The van der Waals surface area contributed by atoms with Gasteiger partial charge in [0.1, 0.15) is 5.75 Å². The van der Waals surface area contributed by atoms with E-state index < -0.39 is 11.5 Å². The average molecular weight is 367 g/mol. The Hall–Kier alpha value is -2.66. The number of methoxy groups -OCH3 is 1.